The summed E-state index contributed by atoms with van der Waals surface area (Å²) in [4.78, 5) is 12.6. The maximum atomic E-state index is 12.6. The van der Waals surface area contributed by atoms with Crippen molar-refractivity contribution in [2.45, 2.75) is 39.3 Å². The number of amides is 1. The van der Waals surface area contributed by atoms with Crippen molar-refractivity contribution < 1.29 is 4.79 Å². The van der Waals surface area contributed by atoms with Crippen LogP contribution in [0.15, 0.2) is 18.6 Å². The molecule has 3 heterocycles. The van der Waals surface area contributed by atoms with Crippen LogP contribution in [0.25, 0.3) is 0 Å². The molecule has 1 atom stereocenters. The zero-order chi connectivity index (χ0) is 15.0. The quantitative estimate of drug-likeness (QED) is 0.930. The van der Waals surface area contributed by atoms with Gasteiger partial charge in [-0.25, -0.2) is 0 Å². The first-order valence-electron chi connectivity index (χ1n) is 7.40. The van der Waals surface area contributed by atoms with Gasteiger partial charge in [-0.05, 0) is 18.8 Å². The molecule has 3 rings (SSSR count). The van der Waals surface area contributed by atoms with Crippen LogP contribution in [0.1, 0.15) is 47.9 Å². The van der Waals surface area contributed by atoms with E-state index in [2.05, 4.69) is 29.4 Å². The lowest BCUT2D eigenvalue weighted by Crippen LogP contribution is -2.32. The van der Waals surface area contributed by atoms with E-state index in [0.717, 1.165) is 30.6 Å². The number of rotatable bonds is 4. The summed E-state index contributed by atoms with van der Waals surface area (Å²) in [6.45, 7) is 5.11. The molecule has 0 saturated carbocycles. The first kappa shape index (κ1) is 13.9. The number of carbonyl (C=O) groups is 1. The molecular weight excluding hydrogens is 266 g/mol. The van der Waals surface area contributed by atoms with Crippen molar-refractivity contribution >= 4 is 5.91 Å². The molecule has 0 spiro atoms. The molecular formula is C15H21N5O. The van der Waals surface area contributed by atoms with Crippen molar-refractivity contribution in [3.05, 3.63) is 35.4 Å². The van der Waals surface area contributed by atoms with Crippen molar-refractivity contribution in [2.75, 3.05) is 0 Å². The summed E-state index contributed by atoms with van der Waals surface area (Å²) in [6.07, 6.45) is 7.45. The van der Waals surface area contributed by atoms with Gasteiger partial charge in [0.25, 0.3) is 5.91 Å². The Labute approximate surface area is 124 Å². The average molecular weight is 287 g/mol. The topological polar surface area (TPSA) is 64.7 Å². The highest BCUT2D eigenvalue weighted by atomic mass is 16.1. The first-order chi connectivity index (χ1) is 10.1. The normalized spacial score (nSPS) is 15.2. The van der Waals surface area contributed by atoms with E-state index in [4.69, 9.17) is 0 Å². The smallest absolute Gasteiger partial charge is 0.255 e. The van der Waals surface area contributed by atoms with Gasteiger partial charge in [0.05, 0.1) is 29.7 Å². The average Bonchev–Trinajstić information content (AvgIpc) is 3.10. The van der Waals surface area contributed by atoms with Crippen LogP contribution in [0.4, 0.5) is 0 Å². The van der Waals surface area contributed by atoms with Gasteiger partial charge in [0.2, 0.25) is 0 Å². The highest BCUT2D eigenvalue weighted by molar-refractivity contribution is 5.95. The second kappa shape index (κ2) is 5.35. The van der Waals surface area contributed by atoms with Crippen LogP contribution in [-0.2, 0) is 20.0 Å². The van der Waals surface area contributed by atoms with Crippen LogP contribution >= 0.6 is 0 Å². The van der Waals surface area contributed by atoms with Gasteiger partial charge in [-0.15, -0.1) is 0 Å². The summed E-state index contributed by atoms with van der Waals surface area (Å²) in [5.41, 5.74) is 2.80. The summed E-state index contributed by atoms with van der Waals surface area (Å²) in [5.74, 6) is 0.252. The fourth-order valence-corrected chi connectivity index (χ4v) is 2.91. The summed E-state index contributed by atoms with van der Waals surface area (Å²) >= 11 is 0. The minimum atomic E-state index is -0.0410. The molecule has 6 nitrogen and oxygen atoms in total. The number of hydrogen-bond donors (Lipinski definition) is 1. The molecule has 2 aromatic rings. The fourth-order valence-electron chi connectivity index (χ4n) is 2.91. The summed E-state index contributed by atoms with van der Waals surface area (Å²) in [5, 5.41) is 11.6. The monoisotopic (exact) mass is 287 g/mol. The molecule has 1 aliphatic rings. The van der Waals surface area contributed by atoms with Gasteiger partial charge in [0.15, 0.2) is 0 Å². The minimum absolute atomic E-state index is 0.0387. The molecule has 0 radical (unpaired) electrons. The van der Waals surface area contributed by atoms with E-state index in [0.29, 0.717) is 11.5 Å². The molecule has 0 fully saturated rings. The highest BCUT2D eigenvalue weighted by Crippen LogP contribution is 2.23. The molecule has 2 aromatic heterocycles. The Balaban J connectivity index is 1.81. The van der Waals surface area contributed by atoms with Gasteiger partial charge in [0.1, 0.15) is 0 Å². The molecule has 6 heteroatoms. The Kier molecular flexibility index (Phi) is 3.53. The second-order valence-corrected chi connectivity index (χ2v) is 5.97. The minimum Gasteiger partial charge on any atom is -0.345 e. The van der Waals surface area contributed by atoms with Crippen molar-refractivity contribution in [3.63, 3.8) is 0 Å². The molecule has 21 heavy (non-hydrogen) atoms. The van der Waals surface area contributed by atoms with Crippen LogP contribution in [-0.4, -0.2) is 25.5 Å². The lowest BCUT2D eigenvalue weighted by Gasteiger charge is -2.21. The second-order valence-electron chi connectivity index (χ2n) is 5.97. The molecule has 0 aromatic carbocycles. The van der Waals surface area contributed by atoms with E-state index in [-0.39, 0.29) is 11.9 Å². The standard InChI is InChI=1S/C15H21N5O/c1-10(2)14(11-7-16-19(3)9-11)18-15(21)12-8-17-20-6-4-5-13(12)20/h7-10,14H,4-6H2,1-3H3,(H,18,21)/t14-/m0/s1. The number of hydrogen-bond acceptors (Lipinski definition) is 3. The number of carbonyl (C=O) groups excluding carboxylic acids is 1. The third-order valence-corrected chi connectivity index (χ3v) is 4.01. The molecule has 0 aliphatic carbocycles. The molecule has 0 unspecified atom stereocenters. The molecule has 0 saturated heterocycles. The number of aromatic nitrogens is 4. The van der Waals surface area contributed by atoms with E-state index in [9.17, 15) is 4.79 Å². The summed E-state index contributed by atoms with van der Waals surface area (Å²) < 4.78 is 3.69. The van der Waals surface area contributed by atoms with Gasteiger partial charge in [-0.3, -0.25) is 14.2 Å². The van der Waals surface area contributed by atoms with E-state index in [1.165, 1.54) is 0 Å². The first-order valence-corrected chi connectivity index (χ1v) is 7.40. The third kappa shape index (κ3) is 2.57. The predicted octanol–water partition coefficient (Wildman–Crippen LogP) is 1.69. The van der Waals surface area contributed by atoms with E-state index in [1.54, 1.807) is 10.9 Å². The van der Waals surface area contributed by atoms with Gasteiger partial charge < -0.3 is 5.32 Å². The van der Waals surface area contributed by atoms with Gasteiger partial charge >= 0.3 is 0 Å². The zero-order valence-corrected chi connectivity index (χ0v) is 12.7. The van der Waals surface area contributed by atoms with Gasteiger partial charge in [-0.2, -0.15) is 10.2 Å². The maximum Gasteiger partial charge on any atom is 0.255 e. The zero-order valence-electron chi connectivity index (χ0n) is 12.7. The lowest BCUT2D eigenvalue weighted by atomic mass is 9.98. The predicted molar refractivity (Wildman–Crippen MR) is 78.8 cm³/mol. The Morgan fingerprint density at radius 1 is 1.33 bits per heavy atom. The highest BCUT2D eigenvalue weighted by Gasteiger charge is 2.25. The lowest BCUT2D eigenvalue weighted by molar-refractivity contribution is 0.0924. The van der Waals surface area contributed by atoms with Crippen molar-refractivity contribution in [1.29, 1.82) is 0 Å². The molecule has 112 valence electrons. The third-order valence-electron chi connectivity index (χ3n) is 4.01. The van der Waals surface area contributed by atoms with Crippen LogP contribution in [0.3, 0.4) is 0 Å². The number of aryl methyl sites for hydroxylation is 2. The summed E-state index contributed by atoms with van der Waals surface area (Å²) in [6, 6.07) is -0.0387. The molecule has 1 amide bonds. The van der Waals surface area contributed by atoms with E-state index >= 15 is 0 Å². The van der Waals surface area contributed by atoms with Crippen molar-refractivity contribution in [2.24, 2.45) is 13.0 Å². The SMILES string of the molecule is CC(C)[C@H](NC(=O)c1cnn2c1CCC2)c1cnn(C)c1. The Hall–Kier alpha value is -2.11. The Morgan fingerprint density at radius 2 is 2.14 bits per heavy atom. The molecule has 1 aliphatic heterocycles. The summed E-state index contributed by atoms with van der Waals surface area (Å²) in [7, 11) is 1.88. The largest absolute Gasteiger partial charge is 0.345 e. The van der Waals surface area contributed by atoms with Crippen molar-refractivity contribution in [1.82, 2.24) is 24.9 Å². The number of fused-ring (bicyclic) bond motifs is 1. The van der Waals surface area contributed by atoms with Crippen LogP contribution in [0.2, 0.25) is 0 Å². The van der Waals surface area contributed by atoms with Crippen LogP contribution < -0.4 is 5.32 Å². The van der Waals surface area contributed by atoms with E-state index in [1.807, 2.05) is 24.1 Å². The fraction of sp³-hybridized carbons (Fsp3) is 0.533. The van der Waals surface area contributed by atoms with Gasteiger partial charge in [0, 0.05) is 25.4 Å². The molecule has 0 bridgehead atoms. The maximum absolute atomic E-state index is 12.6. The Morgan fingerprint density at radius 3 is 2.81 bits per heavy atom. The van der Waals surface area contributed by atoms with Crippen LogP contribution in [0.5, 0.6) is 0 Å². The number of nitrogens with zero attached hydrogens (tertiary/aromatic N) is 4. The number of nitrogens with one attached hydrogen (secondary N) is 1. The van der Waals surface area contributed by atoms with Crippen molar-refractivity contribution in [3.8, 4) is 0 Å². The van der Waals surface area contributed by atoms with E-state index < -0.39 is 0 Å². The Bertz CT molecular complexity index is 655. The van der Waals surface area contributed by atoms with Gasteiger partial charge in [-0.1, -0.05) is 13.8 Å². The van der Waals surface area contributed by atoms with Crippen LogP contribution in [0, 0.1) is 5.92 Å². The molecule has 1 N–H and O–H groups in total.